The minimum Gasteiger partial charge on any atom is -0.497 e. The highest BCUT2D eigenvalue weighted by Crippen LogP contribution is 2.33. The number of rotatable bonds is 9. The molecule has 3 aromatic rings. The summed E-state index contributed by atoms with van der Waals surface area (Å²) in [5.41, 5.74) is 0.617. The third-order valence-corrected chi connectivity index (χ3v) is 6.79. The lowest BCUT2D eigenvalue weighted by atomic mass is 10.3. The van der Waals surface area contributed by atoms with Gasteiger partial charge >= 0.3 is 0 Å². The summed E-state index contributed by atoms with van der Waals surface area (Å²) < 4.78 is 43.6. The van der Waals surface area contributed by atoms with Crippen molar-refractivity contribution >= 4 is 38.9 Å². The number of ether oxygens (including phenoxy) is 3. The fourth-order valence-electron chi connectivity index (χ4n) is 3.09. The molecule has 0 aliphatic heterocycles. The van der Waals surface area contributed by atoms with E-state index in [1.807, 2.05) is 0 Å². The Hall–Kier alpha value is -3.43. The molecule has 0 heterocycles. The van der Waals surface area contributed by atoms with E-state index in [1.54, 1.807) is 36.4 Å². The molecule has 3 rings (SSSR count). The van der Waals surface area contributed by atoms with Gasteiger partial charge in [0.1, 0.15) is 23.8 Å². The summed E-state index contributed by atoms with van der Waals surface area (Å²) >= 11 is 6.12. The summed E-state index contributed by atoms with van der Waals surface area (Å²) in [4.78, 5) is 12.9. The second kappa shape index (κ2) is 10.5. The van der Waals surface area contributed by atoms with Crippen molar-refractivity contribution in [3.63, 3.8) is 0 Å². The zero-order valence-corrected chi connectivity index (χ0v) is 19.8. The molecule has 10 heteroatoms. The van der Waals surface area contributed by atoms with Crippen LogP contribution in [0.4, 0.5) is 11.4 Å². The quantitative estimate of drug-likeness (QED) is 0.483. The number of anilines is 2. The number of para-hydroxylation sites is 2. The fraction of sp³-hybridized carbons (Fsp3) is 0.174. The van der Waals surface area contributed by atoms with Crippen LogP contribution in [0.15, 0.2) is 71.6 Å². The van der Waals surface area contributed by atoms with E-state index in [-0.39, 0.29) is 10.6 Å². The van der Waals surface area contributed by atoms with Gasteiger partial charge < -0.3 is 19.5 Å². The maximum absolute atomic E-state index is 13.5. The number of halogens is 1. The van der Waals surface area contributed by atoms with Gasteiger partial charge in [0.05, 0.1) is 36.9 Å². The number of sulfonamides is 1. The van der Waals surface area contributed by atoms with Crippen molar-refractivity contribution in [3.05, 3.63) is 71.8 Å². The van der Waals surface area contributed by atoms with Crippen molar-refractivity contribution in [1.29, 1.82) is 0 Å². The monoisotopic (exact) mass is 490 g/mol. The van der Waals surface area contributed by atoms with Crippen LogP contribution in [0.5, 0.6) is 17.2 Å². The Morgan fingerprint density at radius 1 is 0.909 bits per heavy atom. The molecule has 1 N–H and O–H groups in total. The Labute approximate surface area is 197 Å². The molecule has 8 nitrogen and oxygen atoms in total. The summed E-state index contributed by atoms with van der Waals surface area (Å²) in [5.74, 6) is 0.688. The lowest BCUT2D eigenvalue weighted by Gasteiger charge is -2.25. The number of benzene rings is 3. The van der Waals surface area contributed by atoms with Gasteiger partial charge in [-0.05, 0) is 54.6 Å². The van der Waals surface area contributed by atoms with E-state index in [0.717, 1.165) is 4.31 Å². The third kappa shape index (κ3) is 5.50. The minimum absolute atomic E-state index is 0.00509. The van der Waals surface area contributed by atoms with Gasteiger partial charge in [-0.2, -0.15) is 0 Å². The Morgan fingerprint density at radius 2 is 1.58 bits per heavy atom. The topological polar surface area (TPSA) is 94.2 Å². The standard InChI is InChI=1S/C23H23ClN2O6S/c1-30-17-9-11-18(12-10-17)33(28,29)26(20-6-4-5-7-22(20)32-3)15-23(27)25-16-8-13-21(31-2)19(24)14-16/h4-14H,15H2,1-3H3,(H,25,27). The van der Waals surface area contributed by atoms with Crippen LogP contribution >= 0.6 is 11.6 Å². The smallest absolute Gasteiger partial charge is 0.264 e. The van der Waals surface area contributed by atoms with Crippen LogP contribution in [-0.2, 0) is 14.8 Å². The first-order valence-corrected chi connectivity index (χ1v) is 11.5. The number of nitrogens with one attached hydrogen (secondary N) is 1. The molecule has 0 aliphatic carbocycles. The van der Waals surface area contributed by atoms with Crippen LogP contribution < -0.4 is 23.8 Å². The number of carbonyl (C=O) groups excluding carboxylic acids is 1. The lowest BCUT2D eigenvalue weighted by Crippen LogP contribution is -2.38. The van der Waals surface area contributed by atoms with Crippen molar-refractivity contribution in [1.82, 2.24) is 0 Å². The fourth-order valence-corrected chi connectivity index (χ4v) is 4.77. The molecule has 0 spiro atoms. The highest BCUT2D eigenvalue weighted by atomic mass is 35.5. The Balaban J connectivity index is 1.96. The highest BCUT2D eigenvalue weighted by molar-refractivity contribution is 7.92. The molecule has 174 valence electrons. The SMILES string of the molecule is COc1ccc(S(=O)(=O)N(CC(=O)Nc2ccc(OC)c(Cl)c2)c2ccccc2OC)cc1. The number of hydrogen-bond donors (Lipinski definition) is 1. The first-order chi connectivity index (χ1) is 15.8. The maximum atomic E-state index is 13.5. The van der Waals surface area contributed by atoms with Gasteiger partial charge in [-0.15, -0.1) is 0 Å². The van der Waals surface area contributed by atoms with E-state index in [9.17, 15) is 13.2 Å². The van der Waals surface area contributed by atoms with E-state index in [0.29, 0.717) is 28.0 Å². The van der Waals surface area contributed by atoms with Crippen molar-refractivity contribution in [3.8, 4) is 17.2 Å². The molecule has 0 aromatic heterocycles. The van der Waals surface area contributed by atoms with Crippen LogP contribution in [0.25, 0.3) is 0 Å². The Bertz CT molecular complexity index is 1230. The molecule has 0 atom stereocenters. The van der Waals surface area contributed by atoms with Crippen LogP contribution in [0.2, 0.25) is 5.02 Å². The molecule has 1 amide bonds. The van der Waals surface area contributed by atoms with Crippen molar-refractivity contribution in [2.24, 2.45) is 0 Å². The Kier molecular flexibility index (Phi) is 7.67. The predicted octanol–water partition coefficient (Wildman–Crippen LogP) is 4.20. The first kappa shape index (κ1) is 24.2. The van der Waals surface area contributed by atoms with Crippen molar-refractivity contribution in [2.45, 2.75) is 4.90 Å². The summed E-state index contributed by atoms with van der Waals surface area (Å²) in [5, 5.41) is 2.98. The molecule has 33 heavy (non-hydrogen) atoms. The van der Waals surface area contributed by atoms with Gasteiger partial charge in [0.25, 0.3) is 10.0 Å². The zero-order valence-electron chi connectivity index (χ0n) is 18.2. The van der Waals surface area contributed by atoms with E-state index < -0.39 is 22.5 Å². The number of carbonyl (C=O) groups is 1. The average molecular weight is 491 g/mol. The zero-order chi connectivity index (χ0) is 24.0. The number of methoxy groups -OCH3 is 3. The van der Waals surface area contributed by atoms with Crippen molar-refractivity contribution < 1.29 is 27.4 Å². The second-order valence-electron chi connectivity index (χ2n) is 6.76. The maximum Gasteiger partial charge on any atom is 0.264 e. The molecule has 0 radical (unpaired) electrons. The van der Waals surface area contributed by atoms with E-state index in [2.05, 4.69) is 5.32 Å². The highest BCUT2D eigenvalue weighted by Gasteiger charge is 2.29. The molecule has 0 fully saturated rings. The van der Waals surface area contributed by atoms with Gasteiger partial charge in [-0.3, -0.25) is 9.10 Å². The minimum atomic E-state index is -4.13. The molecule has 0 unspecified atom stereocenters. The second-order valence-corrected chi connectivity index (χ2v) is 9.03. The van der Waals surface area contributed by atoms with Crippen LogP contribution in [0, 0.1) is 0 Å². The average Bonchev–Trinajstić information content (AvgIpc) is 2.82. The summed E-state index contributed by atoms with van der Waals surface area (Å²) in [7, 11) is 0.267. The molecule has 0 saturated heterocycles. The molecular weight excluding hydrogens is 468 g/mol. The van der Waals surface area contributed by atoms with Gasteiger partial charge in [0.15, 0.2) is 0 Å². The predicted molar refractivity (Wildman–Crippen MR) is 127 cm³/mol. The van der Waals surface area contributed by atoms with Crippen LogP contribution in [-0.4, -0.2) is 42.2 Å². The summed E-state index contributed by atoms with van der Waals surface area (Å²) in [6, 6.07) is 17.2. The van der Waals surface area contributed by atoms with E-state index in [4.69, 9.17) is 25.8 Å². The molecular formula is C23H23ClN2O6S. The number of hydrogen-bond acceptors (Lipinski definition) is 6. The summed E-state index contributed by atoms with van der Waals surface area (Å²) in [6.07, 6.45) is 0. The van der Waals surface area contributed by atoms with Gasteiger partial charge in [-0.25, -0.2) is 8.42 Å². The number of nitrogens with zero attached hydrogens (tertiary/aromatic N) is 1. The Morgan fingerprint density at radius 3 is 2.18 bits per heavy atom. The van der Waals surface area contributed by atoms with Gasteiger partial charge in [0.2, 0.25) is 5.91 Å². The summed E-state index contributed by atoms with van der Waals surface area (Å²) in [6.45, 7) is -0.502. The number of amides is 1. The lowest BCUT2D eigenvalue weighted by molar-refractivity contribution is -0.114. The molecule has 0 aliphatic rings. The van der Waals surface area contributed by atoms with Crippen LogP contribution in [0.3, 0.4) is 0 Å². The first-order valence-electron chi connectivity index (χ1n) is 9.73. The van der Waals surface area contributed by atoms with Gasteiger partial charge in [0, 0.05) is 5.69 Å². The molecule has 0 bridgehead atoms. The van der Waals surface area contributed by atoms with Gasteiger partial charge in [-0.1, -0.05) is 23.7 Å². The van der Waals surface area contributed by atoms with E-state index in [1.165, 1.54) is 51.7 Å². The van der Waals surface area contributed by atoms with Crippen molar-refractivity contribution in [2.75, 3.05) is 37.5 Å². The largest absolute Gasteiger partial charge is 0.497 e. The third-order valence-electron chi connectivity index (χ3n) is 4.72. The molecule has 0 saturated carbocycles. The molecule has 3 aromatic carbocycles. The van der Waals surface area contributed by atoms with E-state index >= 15 is 0 Å². The normalized spacial score (nSPS) is 10.9. The van der Waals surface area contributed by atoms with Crippen LogP contribution in [0.1, 0.15) is 0 Å².